The molecule has 0 amide bonds. The van der Waals surface area contributed by atoms with E-state index >= 15 is 4.39 Å². The molecule has 0 spiro atoms. The molecule has 1 saturated heterocycles. The van der Waals surface area contributed by atoms with Crippen LogP contribution in [-0.2, 0) is 0 Å². The normalized spacial score (nSPS) is 20.0. The number of methoxy groups -OCH3 is 1. The quantitative estimate of drug-likeness (QED) is 0.564. The summed E-state index contributed by atoms with van der Waals surface area (Å²) < 4.78 is 25.7. The zero-order chi connectivity index (χ0) is 22.3. The first-order valence-corrected chi connectivity index (χ1v) is 11.0. The van der Waals surface area contributed by atoms with Crippen LogP contribution in [0.2, 0.25) is 0 Å². The second-order valence-corrected chi connectivity index (χ2v) is 8.19. The van der Waals surface area contributed by atoms with Gasteiger partial charge in [0, 0.05) is 24.7 Å². The van der Waals surface area contributed by atoms with E-state index in [2.05, 4.69) is 26.7 Å². The molecule has 7 heteroatoms. The van der Waals surface area contributed by atoms with E-state index in [1.807, 2.05) is 18.2 Å². The molecule has 32 heavy (non-hydrogen) atoms. The largest absolute Gasteiger partial charge is 0.497 e. The SMILES string of the molecule is COc1ccc2nccc([C@@H](F)CC[C@@H]3CCN(CC#Cc4ncco4)C[C@@H]3CO)c2c1. The molecule has 2 aromatic heterocycles. The number of oxazole rings is 1. The van der Waals surface area contributed by atoms with Crippen LogP contribution in [0.5, 0.6) is 5.75 Å². The Balaban J connectivity index is 1.35. The molecule has 1 aliphatic heterocycles. The number of likely N-dealkylation sites (tertiary alicyclic amines) is 1. The zero-order valence-electron chi connectivity index (χ0n) is 18.2. The Morgan fingerprint density at radius 1 is 1.28 bits per heavy atom. The molecule has 1 N–H and O–H groups in total. The van der Waals surface area contributed by atoms with E-state index in [1.165, 1.54) is 6.26 Å². The first-order chi connectivity index (χ1) is 15.7. The van der Waals surface area contributed by atoms with Gasteiger partial charge in [0.05, 0.1) is 25.4 Å². The summed E-state index contributed by atoms with van der Waals surface area (Å²) in [7, 11) is 1.60. The minimum absolute atomic E-state index is 0.0979. The number of nitrogens with zero attached hydrogens (tertiary/aromatic N) is 3. The molecular weight excluding hydrogens is 409 g/mol. The lowest BCUT2D eigenvalue weighted by atomic mass is 9.81. The number of benzene rings is 1. The predicted molar refractivity (Wildman–Crippen MR) is 120 cm³/mol. The first kappa shape index (κ1) is 22.3. The van der Waals surface area contributed by atoms with Crippen LogP contribution in [0.4, 0.5) is 4.39 Å². The van der Waals surface area contributed by atoms with E-state index in [1.54, 1.807) is 25.6 Å². The van der Waals surface area contributed by atoms with Crippen molar-refractivity contribution < 1.29 is 18.7 Å². The van der Waals surface area contributed by atoms with E-state index in [4.69, 9.17) is 9.15 Å². The van der Waals surface area contributed by atoms with Gasteiger partial charge < -0.3 is 14.3 Å². The topological polar surface area (TPSA) is 71.6 Å². The van der Waals surface area contributed by atoms with Crippen LogP contribution in [0.15, 0.2) is 47.3 Å². The van der Waals surface area contributed by atoms with Crippen molar-refractivity contribution in [3.05, 3.63) is 54.4 Å². The van der Waals surface area contributed by atoms with Crippen molar-refractivity contribution in [2.75, 3.05) is 33.4 Å². The molecule has 3 atom stereocenters. The monoisotopic (exact) mass is 437 g/mol. The van der Waals surface area contributed by atoms with Crippen LogP contribution in [-0.4, -0.2) is 53.3 Å². The average Bonchev–Trinajstić information content (AvgIpc) is 3.35. The Morgan fingerprint density at radius 2 is 2.19 bits per heavy atom. The zero-order valence-corrected chi connectivity index (χ0v) is 18.2. The van der Waals surface area contributed by atoms with Crippen LogP contribution in [0.25, 0.3) is 10.9 Å². The molecule has 168 valence electrons. The average molecular weight is 438 g/mol. The first-order valence-electron chi connectivity index (χ1n) is 11.0. The summed E-state index contributed by atoms with van der Waals surface area (Å²) in [5.41, 5.74) is 1.41. The molecule has 0 unspecified atom stereocenters. The van der Waals surface area contributed by atoms with Crippen LogP contribution in [0, 0.1) is 23.7 Å². The fraction of sp³-hybridized carbons (Fsp3) is 0.440. The Hall–Kier alpha value is -2.95. The minimum Gasteiger partial charge on any atom is -0.497 e. The lowest BCUT2D eigenvalue weighted by Crippen LogP contribution is -2.42. The van der Waals surface area contributed by atoms with Crippen molar-refractivity contribution in [2.24, 2.45) is 11.8 Å². The lowest BCUT2D eigenvalue weighted by molar-refractivity contribution is 0.0708. The molecule has 0 saturated carbocycles. The fourth-order valence-corrected chi connectivity index (χ4v) is 4.46. The summed E-state index contributed by atoms with van der Waals surface area (Å²) in [5, 5.41) is 10.7. The van der Waals surface area contributed by atoms with E-state index in [0.717, 1.165) is 36.8 Å². The highest BCUT2D eigenvalue weighted by atomic mass is 19.1. The van der Waals surface area contributed by atoms with Crippen molar-refractivity contribution in [2.45, 2.75) is 25.4 Å². The van der Waals surface area contributed by atoms with Gasteiger partial charge in [-0.15, -0.1) is 0 Å². The molecule has 4 rings (SSSR count). The predicted octanol–water partition coefficient (Wildman–Crippen LogP) is 4.00. The van der Waals surface area contributed by atoms with E-state index < -0.39 is 6.17 Å². The smallest absolute Gasteiger partial charge is 0.273 e. The van der Waals surface area contributed by atoms with Crippen LogP contribution in [0.1, 0.15) is 36.9 Å². The lowest BCUT2D eigenvalue weighted by Gasteiger charge is -2.37. The molecule has 1 aliphatic rings. The maximum Gasteiger partial charge on any atom is 0.273 e. The summed E-state index contributed by atoms with van der Waals surface area (Å²) in [6, 6.07) is 7.29. The van der Waals surface area contributed by atoms with Gasteiger partial charge in [-0.2, -0.15) is 0 Å². The van der Waals surface area contributed by atoms with Gasteiger partial charge in [0.15, 0.2) is 0 Å². The number of ether oxygens (including phenoxy) is 1. The van der Waals surface area contributed by atoms with Gasteiger partial charge in [0.25, 0.3) is 5.89 Å². The molecule has 0 aliphatic carbocycles. The summed E-state index contributed by atoms with van der Waals surface area (Å²) in [5.74, 6) is 7.49. The van der Waals surface area contributed by atoms with Crippen LogP contribution in [0.3, 0.4) is 0 Å². The van der Waals surface area contributed by atoms with Gasteiger partial charge in [-0.05, 0) is 73.4 Å². The van der Waals surface area contributed by atoms with Gasteiger partial charge in [-0.3, -0.25) is 9.88 Å². The Labute approximate surface area is 187 Å². The van der Waals surface area contributed by atoms with Crippen LogP contribution < -0.4 is 4.74 Å². The van der Waals surface area contributed by atoms with Crippen molar-refractivity contribution >= 4 is 10.9 Å². The summed E-state index contributed by atoms with van der Waals surface area (Å²) in [6.45, 7) is 2.34. The highest BCUT2D eigenvalue weighted by molar-refractivity contribution is 5.83. The minimum atomic E-state index is -1.09. The number of hydrogen-bond donors (Lipinski definition) is 1. The second-order valence-electron chi connectivity index (χ2n) is 8.19. The molecule has 3 heterocycles. The number of alkyl halides is 1. The third-order valence-corrected chi connectivity index (χ3v) is 6.25. The molecule has 1 fully saturated rings. The molecule has 0 bridgehead atoms. The molecular formula is C25H28FN3O3. The number of piperidine rings is 1. The standard InChI is InChI=1S/C25H28FN3O3/c1-31-20-5-7-24-22(15-20)21(8-10-27-24)23(26)6-4-18-9-13-29(16-19(18)17-30)12-2-3-25-28-11-14-32-25/h5,7-8,10-11,14-15,18-19,23,30H,4,6,9,12-13,16-17H2,1H3/t18-,19-,23+/m1/s1. The number of hydrogen-bond acceptors (Lipinski definition) is 6. The van der Waals surface area contributed by atoms with Gasteiger partial charge in [-0.25, -0.2) is 9.37 Å². The fourth-order valence-electron chi connectivity index (χ4n) is 4.46. The Morgan fingerprint density at radius 3 is 2.97 bits per heavy atom. The number of aromatic nitrogens is 2. The van der Waals surface area contributed by atoms with Gasteiger partial charge in [0.2, 0.25) is 0 Å². The molecule has 1 aromatic carbocycles. The third-order valence-electron chi connectivity index (χ3n) is 6.25. The summed E-state index contributed by atoms with van der Waals surface area (Å²) in [4.78, 5) is 10.6. The molecule has 6 nitrogen and oxygen atoms in total. The van der Waals surface area contributed by atoms with Gasteiger partial charge in [0.1, 0.15) is 18.2 Å². The number of halogens is 1. The number of aliphatic hydroxyl groups is 1. The number of rotatable bonds is 7. The van der Waals surface area contributed by atoms with Crippen molar-refractivity contribution in [1.82, 2.24) is 14.9 Å². The third kappa shape index (κ3) is 5.26. The van der Waals surface area contributed by atoms with E-state index in [-0.39, 0.29) is 18.4 Å². The number of fused-ring (bicyclic) bond motifs is 1. The summed E-state index contributed by atoms with van der Waals surface area (Å²) >= 11 is 0. The molecule has 0 radical (unpaired) electrons. The summed E-state index contributed by atoms with van der Waals surface area (Å²) in [6.07, 6.45) is 5.71. The highest BCUT2D eigenvalue weighted by Crippen LogP contribution is 2.35. The van der Waals surface area contributed by atoms with Gasteiger partial charge in [-0.1, -0.05) is 5.92 Å². The van der Waals surface area contributed by atoms with Crippen LogP contribution >= 0.6 is 0 Å². The maximum absolute atomic E-state index is 15.3. The maximum atomic E-state index is 15.3. The highest BCUT2D eigenvalue weighted by Gasteiger charge is 2.29. The van der Waals surface area contributed by atoms with Gasteiger partial charge >= 0.3 is 0 Å². The van der Waals surface area contributed by atoms with Crippen molar-refractivity contribution in [1.29, 1.82) is 0 Å². The number of pyridine rings is 1. The second kappa shape index (κ2) is 10.6. The van der Waals surface area contributed by atoms with E-state index in [9.17, 15) is 5.11 Å². The number of aliphatic hydroxyl groups excluding tert-OH is 1. The molecule has 3 aromatic rings. The van der Waals surface area contributed by atoms with E-state index in [0.29, 0.717) is 30.2 Å². The van der Waals surface area contributed by atoms with Crippen molar-refractivity contribution in [3.63, 3.8) is 0 Å². The Bertz CT molecular complexity index is 1080. The Kier molecular flexibility index (Phi) is 7.35. The van der Waals surface area contributed by atoms with Crippen molar-refractivity contribution in [3.8, 4) is 17.6 Å².